The molecule has 1 saturated heterocycles. The summed E-state index contributed by atoms with van der Waals surface area (Å²) in [4.78, 5) is 3.93. The van der Waals surface area contributed by atoms with Crippen molar-refractivity contribution in [2.45, 2.75) is 18.9 Å². The molecule has 1 aliphatic rings. The molecule has 1 unspecified atom stereocenters. The first-order valence-corrected chi connectivity index (χ1v) is 5.03. The molecule has 3 nitrogen and oxygen atoms in total. The fraction of sp³-hybridized carbons (Fsp3) is 0.500. The smallest absolute Gasteiger partial charge is 0.131 e. The Morgan fingerprint density at radius 1 is 1.64 bits per heavy atom. The molecule has 0 saturated carbocycles. The molecule has 1 aliphatic heterocycles. The van der Waals surface area contributed by atoms with E-state index in [-0.39, 0.29) is 5.54 Å². The fourth-order valence-corrected chi connectivity index (χ4v) is 1.77. The highest BCUT2D eigenvalue weighted by Crippen LogP contribution is 2.24. The minimum Gasteiger partial charge on any atom is -0.379 e. The van der Waals surface area contributed by atoms with Gasteiger partial charge in [0.1, 0.15) is 5.15 Å². The van der Waals surface area contributed by atoms with Crippen molar-refractivity contribution >= 4 is 17.3 Å². The predicted octanol–water partition coefficient (Wildman–Crippen LogP) is 2.33. The number of rotatable bonds is 2. The number of anilines is 1. The SMILES string of the molecule is CC1(Nc2ccnc(Cl)c2)CCOC1. The van der Waals surface area contributed by atoms with E-state index >= 15 is 0 Å². The lowest BCUT2D eigenvalue weighted by Crippen LogP contribution is -2.34. The van der Waals surface area contributed by atoms with Crippen molar-refractivity contribution in [1.29, 1.82) is 0 Å². The maximum absolute atomic E-state index is 5.79. The van der Waals surface area contributed by atoms with Crippen LogP contribution >= 0.6 is 11.6 Å². The summed E-state index contributed by atoms with van der Waals surface area (Å²) in [5.41, 5.74) is 1.03. The second-order valence-electron chi connectivity index (χ2n) is 3.86. The van der Waals surface area contributed by atoms with Crippen LogP contribution in [0.5, 0.6) is 0 Å². The van der Waals surface area contributed by atoms with Crippen molar-refractivity contribution in [3.63, 3.8) is 0 Å². The molecule has 2 heterocycles. The molecule has 0 radical (unpaired) electrons. The molecule has 0 spiro atoms. The van der Waals surface area contributed by atoms with Gasteiger partial charge in [0.2, 0.25) is 0 Å². The van der Waals surface area contributed by atoms with Crippen LogP contribution in [-0.4, -0.2) is 23.7 Å². The predicted molar refractivity (Wildman–Crippen MR) is 56.7 cm³/mol. The number of halogens is 1. The lowest BCUT2D eigenvalue weighted by molar-refractivity contribution is 0.185. The monoisotopic (exact) mass is 212 g/mol. The van der Waals surface area contributed by atoms with Crippen LogP contribution in [0.3, 0.4) is 0 Å². The molecular formula is C10H13ClN2O. The second kappa shape index (κ2) is 3.75. The summed E-state index contributed by atoms with van der Waals surface area (Å²) in [6.07, 6.45) is 2.72. The molecule has 0 bridgehead atoms. The third-order valence-corrected chi connectivity index (χ3v) is 2.60. The molecule has 1 fully saturated rings. The average molecular weight is 213 g/mol. The van der Waals surface area contributed by atoms with Crippen molar-refractivity contribution in [3.05, 3.63) is 23.5 Å². The second-order valence-corrected chi connectivity index (χ2v) is 4.24. The van der Waals surface area contributed by atoms with E-state index < -0.39 is 0 Å². The number of nitrogens with zero attached hydrogens (tertiary/aromatic N) is 1. The fourth-order valence-electron chi connectivity index (χ4n) is 1.59. The molecule has 0 amide bonds. The molecule has 1 aromatic heterocycles. The Labute approximate surface area is 88.4 Å². The first-order chi connectivity index (χ1) is 6.68. The van der Waals surface area contributed by atoms with Crippen molar-refractivity contribution in [1.82, 2.24) is 4.98 Å². The normalized spacial score (nSPS) is 26.4. The number of aromatic nitrogens is 1. The summed E-state index contributed by atoms with van der Waals surface area (Å²) in [7, 11) is 0. The van der Waals surface area contributed by atoms with E-state index in [2.05, 4.69) is 17.2 Å². The van der Waals surface area contributed by atoms with Crippen LogP contribution in [-0.2, 0) is 4.74 Å². The zero-order valence-corrected chi connectivity index (χ0v) is 8.84. The number of nitrogens with one attached hydrogen (secondary N) is 1. The van der Waals surface area contributed by atoms with Gasteiger partial charge in [-0.1, -0.05) is 11.6 Å². The van der Waals surface area contributed by atoms with Crippen molar-refractivity contribution < 1.29 is 4.74 Å². The van der Waals surface area contributed by atoms with Gasteiger partial charge in [0.25, 0.3) is 0 Å². The summed E-state index contributed by atoms with van der Waals surface area (Å²) in [6.45, 7) is 3.71. The van der Waals surface area contributed by atoms with Crippen LogP contribution < -0.4 is 5.32 Å². The van der Waals surface area contributed by atoms with Gasteiger partial charge < -0.3 is 10.1 Å². The lowest BCUT2D eigenvalue weighted by Gasteiger charge is -2.24. The number of ether oxygens (including phenoxy) is 1. The maximum atomic E-state index is 5.79. The largest absolute Gasteiger partial charge is 0.379 e. The molecule has 1 aromatic rings. The minimum atomic E-state index is 0.0324. The summed E-state index contributed by atoms with van der Waals surface area (Å²) < 4.78 is 5.35. The van der Waals surface area contributed by atoms with Crippen molar-refractivity contribution in [2.75, 3.05) is 18.5 Å². The quantitative estimate of drug-likeness (QED) is 0.765. The molecule has 2 rings (SSSR count). The number of hydrogen-bond donors (Lipinski definition) is 1. The molecule has 0 aromatic carbocycles. The van der Waals surface area contributed by atoms with E-state index in [4.69, 9.17) is 16.3 Å². The topological polar surface area (TPSA) is 34.2 Å². The van der Waals surface area contributed by atoms with E-state index in [1.54, 1.807) is 6.20 Å². The lowest BCUT2D eigenvalue weighted by atomic mass is 10.0. The zero-order valence-electron chi connectivity index (χ0n) is 8.09. The summed E-state index contributed by atoms with van der Waals surface area (Å²) in [6, 6.07) is 3.74. The third kappa shape index (κ3) is 2.16. The van der Waals surface area contributed by atoms with E-state index in [0.29, 0.717) is 5.15 Å². The highest BCUT2D eigenvalue weighted by Gasteiger charge is 2.29. The maximum Gasteiger partial charge on any atom is 0.131 e. The van der Waals surface area contributed by atoms with Gasteiger partial charge in [0.05, 0.1) is 12.1 Å². The van der Waals surface area contributed by atoms with Gasteiger partial charge in [0, 0.05) is 18.5 Å². The summed E-state index contributed by atoms with van der Waals surface area (Å²) in [5, 5.41) is 3.92. The van der Waals surface area contributed by atoms with Gasteiger partial charge in [-0.25, -0.2) is 4.98 Å². The van der Waals surface area contributed by atoms with Crippen LogP contribution in [0, 0.1) is 0 Å². The van der Waals surface area contributed by atoms with Crippen molar-refractivity contribution in [2.24, 2.45) is 0 Å². The van der Waals surface area contributed by atoms with E-state index in [1.807, 2.05) is 12.1 Å². The van der Waals surface area contributed by atoms with Gasteiger partial charge in [-0.3, -0.25) is 0 Å². The minimum absolute atomic E-state index is 0.0324. The number of pyridine rings is 1. The van der Waals surface area contributed by atoms with E-state index in [0.717, 1.165) is 25.3 Å². The highest BCUT2D eigenvalue weighted by molar-refractivity contribution is 6.29. The molecule has 1 atom stereocenters. The summed E-state index contributed by atoms with van der Waals surface area (Å²) >= 11 is 5.79. The van der Waals surface area contributed by atoms with E-state index in [9.17, 15) is 0 Å². The van der Waals surface area contributed by atoms with Gasteiger partial charge in [-0.2, -0.15) is 0 Å². The van der Waals surface area contributed by atoms with Gasteiger partial charge >= 0.3 is 0 Å². The molecule has 14 heavy (non-hydrogen) atoms. The molecule has 1 N–H and O–H groups in total. The highest BCUT2D eigenvalue weighted by atomic mass is 35.5. The number of hydrogen-bond acceptors (Lipinski definition) is 3. The molecular weight excluding hydrogens is 200 g/mol. The average Bonchev–Trinajstić information content (AvgIpc) is 2.51. The molecule has 4 heteroatoms. The van der Waals surface area contributed by atoms with Crippen LogP contribution in [0.1, 0.15) is 13.3 Å². The Hall–Kier alpha value is -0.800. The molecule has 0 aliphatic carbocycles. The zero-order chi connectivity index (χ0) is 10.0. The first-order valence-electron chi connectivity index (χ1n) is 4.65. The first kappa shape index (κ1) is 9.74. The van der Waals surface area contributed by atoms with Crippen molar-refractivity contribution in [3.8, 4) is 0 Å². The Morgan fingerprint density at radius 3 is 3.14 bits per heavy atom. The standard InChI is InChI=1S/C10H13ClN2O/c1-10(3-5-14-7-10)13-8-2-4-12-9(11)6-8/h2,4,6H,3,5,7H2,1H3,(H,12,13). The third-order valence-electron chi connectivity index (χ3n) is 2.39. The van der Waals surface area contributed by atoms with E-state index in [1.165, 1.54) is 0 Å². The summed E-state index contributed by atoms with van der Waals surface area (Å²) in [5.74, 6) is 0. The van der Waals surface area contributed by atoms with Crippen LogP contribution in [0.4, 0.5) is 5.69 Å². The Kier molecular flexibility index (Phi) is 2.61. The molecule has 76 valence electrons. The Bertz CT molecular complexity index is 324. The van der Waals surface area contributed by atoms with Gasteiger partial charge in [-0.15, -0.1) is 0 Å². The van der Waals surface area contributed by atoms with Crippen LogP contribution in [0.25, 0.3) is 0 Å². The Morgan fingerprint density at radius 2 is 2.50 bits per heavy atom. The van der Waals surface area contributed by atoms with Crippen LogP contribution in [0.2, 0.25) is 5.15 Å². The Balaban J connectivity index is 2.10. The van der Waals surface area contributed by atoms with Crippen LogP contribution in [0.15, 0.2) is 18.3 Å². The van der Waals surface area contributed by atoms with Gasteiger partial charge in [-0.05, 0) is 25.5 Å². The van der Waals surface area contributed by atoms with Gasteiger partial charge in [0.15, 0.2) is 0 Å².